The highest BCUT2D eigenvalue weighted by Gasteiger charge is 2.24. The van der Waals surface area contributed by atoms with Crippen LogP contribution in [0.1, 0.15) is 21.8 Å². The van der Waals surface area contributed by atoms with Gasteiger partial charge < -0.3 is 15.2 Å². The second-order valence-corrected chi connectivity index (χ2v) is 6.71. The van der Waals surface area contributed by atoms with Gasteiger partial charge >= 0.3 is 0 Å². The van der Waals surface area contributed by atoms with Crippen LogP contribution in [-0.2, 0) is 13.0 Å². The van der Waals surface area contributed by atoms with Crippen LogP contribution in [0.25, 0.3) is 11.5 Å². The number of aryl methyl sites for hydroxylation is 1. The molecule has 0 saturated carbocycles. The number of pyridine rings is 1. The van der Waals surface area contributed by atoms with E-state index in [1.165, 1.54) is 11.3 Å². The number of aromatic nitrogens is 3. The van der Waals surface area contributed by atoms with Crippen LogP contribution >= 0.6 is 11.3 Å². The number of thiophene rings is 1. The molecule has 2 N–H and O–H groups in total. The van der Waals surface area contributed by atoms with Gasteiger partial charge in [-0.1, -0.05) is 5.16 Å². The Labute approximate surface area is 142 Å². The molecule has 4 heterocycles. The Hall–Kier alpha value is -2.92. The molecule has 120 valence electrons. The van der Waals surface area contributed by atoms with E-state index in [1.807, 2.05) is 12.1 Å². The minimum Gasteiger partial charge on any atom is -0.389 e. The fraction of sp³-hybridized carbons (Fsp3) is 0.250. The third-order valence-electron chi connectivity index (χ3n) is 4.04. The predicted molar refractivity (Wildman–Crippen MR) is 90.5 cm³/mol. The van der Waals surface area contributed by atoms with E-state index in [1.54, 1.807) is 13.1 Å². The van der Waals surface area contributed by atoms with Crippen molar-refractivity contribution in [3.63, 3.8) is 0 Å². The summed E-state index contributed by atoms with van der Waals surface area (Å²) in [6.07, 6.45) is 2.53. The van der Waals surface area contributed by atoms with Crippen molar-refractivity contribution < 1.29 is 4.52 Å². The van der Waals surface area contributed by atoms with Gasteiger partial charge in [-0.25, -0.2) is 4.98 Å². The molecule has 4 rings (SSSR count). The summed E-state index contributed by atoms with van der Waals surface area (Å²) in [5, 5.41) is 13.7. The van der Waals surface area contributed by atoms with Gasteiger partial charge in [-0.2, -0.15) is 10.2 Å². The summed E-state index contributed by atoms with van der Waals surface area (Å²) < 4.78 is 5.22. The largest absolute Gasteiger partial charge is 0.389 e. The quantitative estimate of drug-likeness (QED) is 0.765. The Balaban J connectivity index is 1.64. The normalized spacial score (nSPS) is 13.6. The van der Waals surface area contributed by atoms with Crippen molar-refractivity contribution in [3.05, 3.63) is 40.2 Å². The monoisotopic (exact) mass is 338 g/mol. The standard InChI is InChI=1S/C16H14N6OS/c1-9-20-16(23-21-9)10-2-4-19-14(6-10)22-5-3-11-12(7-17)15(18)24-13(11)8-22/h2,4,6H,3,5,8,18H2,1H3. The fourth-order valence-electron chi connectivity index (χ4n) is 2.88. The maximum absolute atomic E-state index is 9.24. The van der Waals surface area contributed by atoms with E-state index in [2.05, 4.69) is 26.1 Å². The third kappa shape index (κ3) is 2.39. The Kier molecular flexibility index (Phi) is 3.43. The summed E-state index contributed by atoms with van der Waals surface area (Å²) in [6.45, 7) is 3.28. The molecule has 7 nitrogen and oxygen atoms in total. The second kappa shape index (κ2) is 5.62. The first-order chi connectivity index (χ1) is 11.7. The molecule has 1 aliphatic heterocycles. The van der Waals surface area contributed by atoms with Gasteiger partial charge in [-0.3, -0.25) is 0 Å². The molecular formula is C16H14N6OS. The Bertz CT molecular complexity index is 954. The van der Waals surface area contributed by atoms with Crippen LogP contribution in [0.2, 0.25) is 0 Å². The molecule has 0 amide bonds. The maximum atomic E-state index is 9.24. The lowest BCUT2D eigenvalue weighted by atomic mass is 10.0. The lowest BCUT2D eigenvalue weighted by Crippen LogP contribution is -2.30. The van der Waals surface area contributed by atoms with Gasteiger partial charge in [-0.15, -0.1) is 11.3 Å². The van der Waals surface area contributed by atoms with Crippen molar-refractivity contribution in [1.29, 1.82) is 5.26 Å². The minimum absolute atomic E-state index is 0.487. The molecule has 3 aromatic rings. The second-order valence-electron chi connectivity index (χ2n) is 5.58. The van der Waals surface area contributed by atoms with Crippen LogP contribution in [0, 0.1) is 18.3 Å². The molecule has 24 heavy (non-hydrogen) atoms. The van der Waals surface area contributed by atoms with E-state index >= 15 is 0 Å². The summed E-state index contributed by atoms with van der Waals surface area (Å²) in [7, 11) is 0. The number of rotatable bonds is 2. The number of hydrogen-bond donors (Lipinski definition) is 1. The van der Waals surface area contributed by atoms with Crippen LogP contribution in [0.3, 0.4) is 0 Å². The molecule has 0 aromatic carbocycles. The molecule has 0 aliphatic carbocycles. The highest BCUT2D eigenvalue weighted by atomic mass is 32.1. The molecule has 0 spiro atoms. The lowest BCUT2D eigenvalue weighted by Gasteiger charge is -2.28. The first kappa shape index (κ1) is 14.7. The van der Waals surface area contributed by atoms with Crippen LogP contribution in [0.4, 0.5) is 10.8 Å². The molecule has 0 bridgehead atoms. The van der Waals surface area contributed by atoms with Gasteiger partial charge in [0, 0.05) is 23.2 Å². The highest BCUT2D eigenvalue weighted by molar-refractivity contribution is 7.16. The fourth-order valence-corrected chi connectivity index (χ4v) is 3.97. The predicted octanol–water partition coefficient (Wildman–Crippen LogP) is 2.52. The molecule has 0 saturated heterocycles. The minimum atomic E-state index is 0.487. The number of nitrogens with two attached hydrogens (primary N) is 1. The number of anilines is 2. The van der Waals surface area contributed by atoms with Crippen molar-refractivity contribution in [2.45, 2.75) is 19.9 Å². The first-order valence-electron chi connectivity index (χ1n) is 7.47. The number of hydrogen-bond acceptors (Lipinski definition) is 8. The summed E-state index contributed by atoms with van der Waals surface area (Å²) >= 11 is 1.49. The van der Waals surface area contributed by atoms with Crippen molar-refractivity contribution >= 4 is 22.2 Å². The van der Waals surface area contributed by atoms with Crippen molar-refractivity contribution in [2.24, 2.45) is 0 Å². The van der Waals surface area contributed by atoms with E-state index in [0.29, 0.717) is 28.8 Å². The Morgan fingerprint density at radius 3 is 3.08 bits per heavy atom. The first-order valence-corrected chi connectivity index (χ1v) is 8.29. The van der Waals surface area contributed by atoms with Crippen LogP contribution < -0.4 is 10.6 Å². The van der Waals surface area contributed by atoms with Crippen molar-refractivity contribution in [2.75, 3.05) is 17.2 Å². The molecular weight excluding hydrogens is 324 g/mol. The van der Waals surface area contributed by atoms with Gasteiger partial charge in [0.15, 0.2) is 5.82 Å². The lowest BCUT2D eigenvalue weighted by molar-refractivity contribution is 0.425. The zero-order valence-corrected chi connectivity index (χ0v) is 13.8. The molecule has 0 unspecified atom stereocenters. The van der Waals surface area contributed by atoms with Crippen molar-refractivity contribution in [1.82, 2.24) is 15.1 Å². The molecule has 1 aliphatic rings. The number of fused-ring (bicyclic) bond motifs is 1. The molecule has 0 atom stereocenters. The third-order valence-corrected chi connectivity index (χ3v) is 5.09. The summed E-state index contributed by atoms with van der Waals surface area (Å²) in [4.78, 5) is 12.0. The van der Waals surface area contributed by atoms with Gasteiger partial charge in [0.2, 0.25) is 0 Å². The van der Waals surface area contributed by atoms with Gasteiger partial charge in [0.1, 0.15) is 16.9 Å². The maximum Gasteiger partial charge on any atom is 0.258 e. The number of nitriles is 1. The van der Waals surface area contributed by atoms with E-state index in [4.69, 9.17) is 10.3 Å². The zero-order valence-electron chi connectivity index (χ0n) is 13.0. The Morgan fingerprint density at radius 2 is 2.33 bits per heavy atom. The van der Waals surface area contributed by atoms with Crippen LogP contribution in [-0.4, -0.2) is 21.7 Å². The SMILES string of the molecule is Cc1noc(-c2ccnc(N3CCc4c(sc(N)c4C#N)C3)c2)n1. The van der Waals surface area contributed by atoms with Gasteiger partial charge in [0.05, 0.1) is 12.1 Å². The summed E-state index contributed by atoms with van der Waals surface area (Å²) in [5.74, 6) is 1.93. The smallest absolute Gasteiger partial charge is 0.258 e. The average molecular weight is 338 g/mol. The molecule has 3 aromatic heterocycles. The molecule has 0 radical (unpaired) electrons. The van der Waals surface area contributed by atoms with Gasteiger partial charge in [0.25, 0.3) is 5.89 Å². The van der Waals surface area contributed by atoms with E-state index in [9.17, 15) is 5.26 Å². The van der Waals surface area contributed by atoms with Crippen molar-refractivity contribution in [3.8, 4) is 17.5 Å². The van der Waals surface area contributed by atoms with E-state index < -0.39 is 0 Å². The Morgan fingerprint density at radius 1 is 1.46 bits per heavy atom. The topological polar surface area (TPSA) is 105 Å². The molecule has 0 fully saturated rings. The summed E-state index contributed by atoms with van der Waals surface area (Å²) in [6, 6.07) is 6.01. The zero-order chi connectivity index (χ0) is 16.7. The van der Waals surface area contributed by atoms with Crippen LogP contribution in [0.15, 0.2) is 22.9 Å². The number of nitrogen functional groups attached to an aromatic ring is 1. The summed E-state index contributed by atoms with van der Waals surface area (Å²) in [5.41, 5.74) is 8.51. The van der Waals surface area contributed by atoms with E-state index in [-0.39, 0.29) is 0 Å². The number of nitrogens with zero attached hydrogens (tertiary/aromatic N) is 5. The highest BCUT2D eigenvalue weighted by Crippen LogP contribution is 2.36. The van der Waals surface area contributed by atoms with Gasteiger partial charge in [-0.05, 0) is 31.0 Å². The van der Waals surface area contributed by atoms with Crippen LogP contribution in [0.5, 0.6) is 0 Å². The average Bonchev–Trinajstić information content (AvgIpc) is 3.16. The molecule has 8 heteroatoms. The van der Waals surface area contributed by atoms with E-state index in [0.717, 1.165) is 34.8 Å².